The van der Waals surface area contributed by atoms with Crippen molar-refractivity contribution in [1.29, 1.82) is 0 Å². The maximum absolute atomic E-state index is 4.65. The van der Waals surface area contributed by atoms with Crippen molar-refractivity contribution in [2.75, 3.05) is 13.1 Å². The number of rotatable bonds is 2. The van der Waals surface area contributed by atoms with Gasteiger partial charge in [-0.15, -0.1) is 0 Å². The molecule has 0 aliphatic carbocycles. The normalized spacial score (nSPS) is 19.9. The van der Waals surface area contributed by atoms with E-state index in [1.165, 1.54) is 6.42 Å². The summed E-state index contributed by atoms with van der Waals surface area (Å²) in [4.78, 5) is 9.10. The Morgan fingerprint density at radius 3 is 3.18 bits per heavy atom. The number of aromatic nitrogens is 2. The van der Waals surface area contributed by atoms with E-state index in [-0.39, 0.29) is 0 Å². The van der Waals surface area contributed by atoms with Gasteiger partial charge in [0.1, 0.15) is 5.82 Å². The van der Waals surface area contributed by atoms with Crippen molar-refractivity contribution in [1.82, 2.24) is 15.3 Å². The molecule has 1 aromatic heterocycles. The molecule has 88 valence electrons. The lowest BCUT2D eigenvalue weighted by atomic mass is 10.0. The van der Waals surface area contributed by atoms with Crippen LogP contribution in [-0.2, 0) is 6.42 Å². The first-order chi connectivity index (χ1) is 8.33. The van der Waals surface area contributed by atoms with Crippen LogP contribution >= 0.6 is 15.9 Å². The number of hydrogen-bond acceptors (Lipinski definition) is 3. The standard InChI is InChI=1S/C13H14BrN3/c14-11-3-1-2-10-8-16-12(17-13(10)11)6-9-4-5-15-7-9/h1-3,8-9,15H,4-7H2. The van der Waals surface area contributed by atoms with E-state index in [9.17, 15) is 0 Å². The van der Waals surface area contributed by atoms with Crippen molar-refractivity contribution in [3.63, 3.8) is 0 Å². The van der Waals surface area contributed by atoms with Gasteiger partial charge in [-0.2, -0.15) is 0 Å². The molecule has 0 saturated carbocycles. The van der Waals surface area contributed by atoms with E-state index in [1.54, 1.807) is 0 Å². The third-order valence-corrected chi connectivity index (χ3v) is 3.89. The number of fused-ring (bicyclic) bond motifs is 1. The van der Waals surface area contributed by atoms with Gasteiger partial charge in [0.15, 0.2) is 0 Å². The third-order valence-electron chi connectivity index (χ3n) is 3.25. The smallest absolute Gasteiger partial charge is 0.129 e. The van der Waals surface area contributed by atoms with E-state index in [4.69, 9.17) is 0 Å². The van der Waals surface area contributed by atoms with E-state index in [0.717, 1.165) is 40.7 Å². The molecular formula is C13H14BrN3. The van der Waals surface area contributed by atoms with E-state index >= 15 is 0 Å². The van der Waals surface area contributed by atoms with Gasteiger partial charge < -0.3 is 5.32 Å². The fourth-order valence-electron chi connectivity index (χ4n) is 2.30. The van der Waals surface area contributed by atoms with Gasteiger partial charge in [0.05, 0.1) is 5.52 Å². The highest BCUT2D eigenvalue weighted by Crippen LogP contribution is 2.22. The minimum absolute atomic E-state index is 0.690. The Morgan fingerprint density at radius 2 is 2.35 bits per heavy atom. The zero-order chi connectivity index (χ0) is 11.7. The Labute approximate surface area is 109 Å². The van der Waals surface area contributed by atoms with Crippen LogP contribution in [-0.4, -0.2) is 23.1 Å². The van der Waals surface area contributed by atoms with Crippen molar-refractivity contribution < 1.29 is 0 Å². The van der Waals surface area contributed by atoms with Crippen LogP contribution in [0.15, 0.2) is 28.9 Å². The monoisotopic (exact) mass is 291 g/mol. The van der Waals surface area contributed by atoms with Crippen LogP contribution < -0.4 is 5.32 Å². The van der Waals surface area contributed by atoms with Crippen LogP contribution in [0.5, 0.6) is 0 Å². The average Bonchev–Trinajstić information content (AvgIpc) is 2.83. The van der Waals surface area contributed by atoms with Gasteiger partial charge in [0, 0.05) is 22.5 Å². The Hall–Kier alpha value is -1.00. The molecule has 1 aliphatic heterocycles. The van der Waals surface area contributed by atoms with Crippen molar-refractivity contribution in [3.05, 3.63) is 34.7 Å². The van der Waals surface area contributed by atoms with E-state index in [2.05, 4.69) is 31.2 Å². The van der Waals surface area contributed by atoms with Crippen LogP contribution in [0, 0.1) is 5.92 Å². The van der Waals surface area contributed by atoms with Gasteiger partial charge in [-0.3, -0.25) is 0 Å². The second kappa shape index (κ2) is 4.70. The van der Waals surface area contributed by atoms with Crippen molar-refractivity contribution in [2.24, 2.45) is 5.92 Å². The van der Waals surface area contributed by atoms with Gasteiger partial charge in [0.25, 0.3) is 0 Å². The minimum atomic E-state index is 0.690. The van der Waals surface area contributed by atoms with Gasteiger partial charge in [0.2, 0.25) is 0 Å². The fraction of sp³-hybridized carbons (Fsp3) is 0.385. The third kappa shape index (κ3) is 2.33. The molecule has 4 heteroatoms. The first kappa shape index (κ1) is 11.1. The molecule has 1 aliphatic rings. The highest BCUT2D eigenvalue weighted by Gasteiger charge is 2.16. The van der Waals surface area contributed by atoms with E-state index < -0.39 is 0 Å². The molecule has 1 N–H and O–H groups in total. The molecule has 1 fully saturated rings. The summed E-state index contributed by atoms with van der Waals surface area (Å²) in [5, 5.41) is 4.47. The Bertz CT molecular complexity index is 535. The second-order valence-corrected chi connectivity index (χ2v) is 5.38. The topological polar surface area (TPSA) is 37.8 Å². The molecule has 2 aromatic rings. The molecule has 1 aromatic carbocycles. The molecule has 0 radical (unpaired) electrons. The van der Waals surface area contributed by atoms with Crippen LogP contribution in [0.25, 0.3) is 10.9 Å². The maximum atomic E-state index is 4.65. The molecule has 1 saturated heterocycles. The fourth-order valence-corrected chi connectivity index (χ4v) is 2.77. The summed E-state index contributed by atoms with van der Waals surface area (Å²) in [6, 6.07) is 6.08. The molecule has 1 unspecified atom stereocenters. The average molecular weight is 292 g/mol. The number of benzene rings is 1. The first-order valence-corrected chi connectivity index (χ1v) is 6.73. The van der Waals surface area contributed by atoms with E-state index in [0.29, 0.717) is 5.92 Å². The molecule has 0 amide bonds. The minimum Gasteiger partial charge on any atom is -0.316 e. The molecule has 17 heavy (non-hydrogen) atoms. The zero-order valence-corrected chi connectivity index (χ0v) is 11.1. The number of nitrogens with zero attached hydrogens (tertiary/aromatic N) is 2. The molecule has 3 nitrogen and oxygen atoms in total. The lowest BCUT2D eigenvalue weighted by Crippen LogP contribution is -2.12. The second-order valence-electron chi connectivity index (χ2n) is 4.53. The van der Waals surface area contributed by atoms with Crippen LogP contribution in [0.3, 0.4) is 0 Å². The summed E-state index contributed by atoms with van der Waals surface area (Å²) >= 11 is 3.54. The number of hydrogen-bond donors (Lipinski definition) is 1. The lowest BCUT2D eigenvalue weighted by molar-refractivity contribution is 0.563. The first-order valence-electron chi connectivity index (χ1n) is 5.94. The van der Waals surface area contributed by atoms with Crippen molar-refractivity contribution in [2.45, 2.75) is 12.8 Å². The Morgan fingerprint density at radius 1 is 1.41 bits per heavy atom. The highest BCUT2D eigenvalue weighted by atomic mass is 79.9. The van der Waals surface area contributed by atoms with Crippen LogP contribution in [0.4, 0.5) is 0 Å². The summed E-state index contributed by atoms with van der Waals surface area (Å²) in [5.41, 5.74) is 1.02. The number of para-hydroxylation sites is 1. The summed E-state index contributed by atoms with van der Waals surface area (Å²) in [7, 11) is 0. The van der Waals surface area contributed by atoms with Gasteiger partial charge in [-0.05, 0) is 47.4 Å². The molecule has 3 rings (SSSR count). The summed E-state index contributed by atoms with van der Waals surface area (Å²) < 4.78 is 1.04. The quantitative estimate of drug-likeness (QED) is 0.924. The summed E-state index contributed by atoms with van der Waals surface area (Å²) in [6.07, 6.45) is 4.13. The molecule has 0 spiro atoms. The zero-order valence-electron chi connectivity index (χ0n) is 9.49. The molecule has 1 atom stereocenters. The predicted octanol–water partition coefficient (Wildman–Crippen LogP) is 2.54. The van der Waals surface area contributed by atoms with E-state index in [1.807, 2.05) is 24.4 Å². The van der Waals surface area contributed by atoms with Crippen LogP contribution in [0.1, 0.15) is 12.2 Å². The Kier molecular flexibility index (Phi) is 3.07. The number of halogens is 1. The summed E-state index contributed by atoms with van der Waals surface area (Å²) in [5.74, 6) is 1.65. The molecular weight excluding hydrogens is 278 g/mol. The van der Waals surface area contributed by atoms with Crippen molar-refractivity contribution >= 4 is 26.8 Å². The number of nitrogens with one attached hydrogen (secondary N) is 1. The highest BCUT2D eigenvalue weighted by molar-refractivity contribution is 9.10. The SMILES string of the molecule is Brc1cccc2cnc(CC3CCNC3)nc12. The molecule has 0 bridgehead atoms. The van der Waals surface area contributed by atoms with Gasteiger partial charge >= 0.3 is 0 Å². The predicted molar refractivity (Wildman–Crippen MR) is 71.9 cm³/mol. The van der Waals surface area contributed by atoms with Gasteiger partial charge in [-0.1, -0.05) is 12.1 Å². The Balaban J connectivity index is 1.92. The largest absolute Gasteiger partial charge is 0.316 e. The van der Waals surface area contributed by atoms with Gasteiger partial charge in [-0.25, -0.2) is 9.97 Å². The lowest BCUT2D eigenvalue weighted by Gasteiger charge is -2.07. The molecule has 2 heterocycles. The van der Waals surface area contributed by atoms with Crippen molar-refractivity contribution in [3.8, 4) is 0 Å². The van der Waals surface area contributed by atoms with Crippen LogP contribution in [0.2, 0.25) is 0 Å². The maximum Gasteiger partial charge on any atom is 0.129 e. The summed E-state index contributed by atoms with van der Waals surface area (Å²) in [6.45, 7) is 2.22.